The van der Waals surface area contributed by atoms with E-state index in [1.807, 2.05) is 0 Å². The van der Waals surface area contributed by atoms with Gasteiger partial charge in [-0.3, -0.25) is 0 Å². The second-order valence-corrected chi connectivity index (χ2v) is 5.60. The lowest BCUT2D eigenvalue weighted by molar-refractivity contribution is 0.332. The third-order valence-electron chi connectivity index (χ3n) is 3.67. The lowest BCUT2D eigenvalue weighted by Crippen LogP contribution is -2.13. The number of halogens is 1. The van der Waals surface area contributed by atoms with E-state index in [4.69, 9.17) is 9.47 Å². The van der Waals surface area contributed by atoms with Gasteiger partial charge in [0.25, 0.3) is 0 Å². The van der Waals surface area contributed by atoms with E-state index in [9.17, 15) is 4.39 Å². The number of nitrogens with one attached hydrogen (secondary N) is 1. The summed E-state index contributed by atoms with van der Waals surface area (Å²) in [6.07, 6.45) is 4.61. The first-order valence-electron chi connectivity index (χ1n) is 8.47. The summed E-state index contributed by atoms with van der Waals surface area (Å²) < 4.78 is 24.3. The molecular weight excluding hydrogens is 363 g/mol. The molecule has 0 fully saturated rings. The molecule has 0 aliphatic heterocycles. The monoisotopic (exact) mass is 378 g/mol. The number of benzene rings is 1. The fourth-order valence-corrected chi connectivity index (χ4v) is 2.43. The number of ether oxygens (including phenoxy) is 2. The highest BCUT2D eigenvalue weighted by Gasteiger charge is 2.05. The Bertz CT molecular complexity index is 1070. The van der Waals surface area contributed by atoms with Gasteiger partial charge in [0, 0.05) is 18.5 Å². The molecule has 4 rings (SSSR count). The minimum absolute atomic E-state index is 0.193. The van der Waals surface area contributed by atoms with Crippen molar-refractivity contribution in [2.24, 2.45) is 0 Å². The van der Waals surface area contributed by atoms with Crippen LogP contribution in [0.3, 0.4) is 0 Å². The molecule has 0 aliphatic rings. The molecule has 0 saturated heterocycles. The first-order valence-corrected chi connectivity index (χ1v) is 8.47. The van der Waals surface area contributed by atoms with Crippen molar-refractivity contribution in [1.29, 1.82) is 0 Å². The Balaban J connectivity index is 1.29. The topological polar surface area (TPSA) is 94.9 Å². The number of nitrogens with zero attached hydrogens (tertiary/aromatic N) is 5. The van der Waals surface area contributed by atoms with Crippen LogP contribution < -0.4 is 14.8 Å². The molecule has 3 aromatic heterocycles. The van der Waals surface area contributed by atoms with Gasteiger partial charge in [0.1, 0.15) is 29.9 Å². The summed E-state index contributed by atoms with van der Waals surface area (Å²) >= 11 is 0. The van der Waals surface area contributed by atoms with Crippen LogP contribution in [0.5, 0.6) is 17.4 Å². The summed E-state index contributed by atoms with van der Waals surface area (Å²) in [5, 5.41) is 3.16. The Kier molecular flexibility index (Phi) is 5.14. The van der Waals surface area contributed by atoms with Crippen molar-refractivity contribution < 1.29 is 13.9 Å². The molecular formula is C19H15FN6O2. The minimum Gasteiger partial charge on any atom is -0.492 e. The van der Waals surface area contributed by atoms with Crippen LogP contribution in [0.4, 0.5) is 10.2 Å². The standard InChI is InChI=1S/C19H15FN6O2/c20-15-2-1-3-16(26-15)28-14-6-4-13(5-7-14)27-11-10-23-19-17-18(24-12-25-19)22-9-8-21-17/h1-9,12H,10-11H2,(H,22,23,24,25). The van der Waals surface area contributed by atoms with Crippen molar-refractivity contribution in [1.82, 2.24) is 24.9 Å². The van der Waals surface area contributed by atoms with Gasteiger partial charge in [0.15, 0.2) is 11.5 Å². The van der Waals surface area contributed by atoms with Gasteiger partial charge in [0.2, 0.25) is 11.8 Å². The number of fused-ring (bicyclic) bond motifs is 1. The van der Waals surface area contributed by atoms with Crippen LogP contribution in [0.15, 0.2) is 61.2 Å². The molecule has 0 spiro atoms. The fraction of sp³-hybridized carbons (Fsp3) is 0.105. The van der Waals surface area contributed by atoms with Crippen molar-refractivity contribution in [3.05, 3.63) is 67.1 Å². The molecule has 1 N–H and O–H groups in total. The third kappa shape index (κ3) is 4.26. The van der Waals surface area contributed by atoms with Crippen LogP contribution in [-0.4, -0.2) is 38.1 Å². The van der Waals surface area contributed by atoms with E-state index in [-0.39, 0.29) is 5.88 Å². The lowest BCUT2D eigenvalue weighted by Gasteiger charge is -2.10. The SMILES string of the molecule is Fc1cccc(Oc2ccc(OCCNc3ncnc4nccnc34)cc2)n1. The highest BCUT2D eigenvalue weighted by atomic mass is 19.1. The van der Waals surface area contributed by atoms with Gasteiger partial charge in [-0.2, -0.15) is 9.37 Å². The number of anilines is 1. The molecule has 28 heavy (non-hydrogen) atoms. The molecule has 1 aromatic carbocycles. The molecule has 0 aliphatic carbocycles. The fourth-order valence-electron chi connectivity index (χ4n) is 2.43. The molecule has 0 saturated carbocycles. The van der Waals surface area contributed by atoms with Crippen molar-refractivity contribution >= 4 is 17.0 Å². The van der Waals surface area contributed by atoms with E-state index >= 15 is 0 Å². The van der Waals surface area contributed by atoms with Crippen molar-refractivity contribution in [2.75, 3.05) is 18.5 Å². The lowest BCUT2D eigenvalue weighted by atomic mass is 10.3. The third-order valence-corrected chi connectivity index (χ3v) is 3.67. The van der Waals surface area contributed by atoms with Crippen LogP contribution >= 0.6 is 0 Å². The molecule has 3 heterocycles. The first kappa shape index (κ1) is 17.5. The normalized spacial score (nSPS) is 10.6. The minimum atomic E-state index is -0.590. The van der Waals surface area contributed by atoms with Crippen LogP contribution in [0.25, 0.3) is 11.2 Å². The molecule has 8 nitrogen and oxygen atoms in total. The summed E-state index contributed by atoms with van der Waals surface area (Å²) in [5.74, 6) is 1.42. The number of hydrogen-bond donors (Lipinski definition) is 1. The summed E-state index contributed by atoms with van der Waals surface area (Å²) in [5.41, 5.74) is 1.14. The molecule has 0 amide bonds. The average molecular weight is 378 g/mol. The zero-order valence-electron chi connectivity index (χ0n) is 14.6. The number of pyridine rings is 1. The van der Waals surface area contributed by atoms with Gasteiger partial charge in [-0.15, -0.1) is 0 Å². The average Bonchev–Trinajstić information content (AvgIpc) is 2.72. The van der Waals surface area contributed by atoms with Gasteiger partial charge in [0.05, 0.1) is 6.54 Å². The van der Waals surface area contributed by atoms with Crippen molar-refractivity contribution in [3.63, 3.8) is 0 Å². The number of aromatic nitrogens is 5. The van der Waals surface area contributed by atoms with Gasteiger partial charge in [-0.25, -0.2) is 19.9 Å². The van der Waals surface area contributed by atoms with E-state index in [1.54, 1.807) is 42.7 Å². The molecule has 0 bridgehead atoms. The van der Waals surface area contributed by atoms with Crippen molar-refractivity contribution in [2.45, 2.75) is 0 Å². The largest absolute Gasteiger partial charge is 0.492 e. The van der Waals surface area contributed by atoms with E-state index in [2.05, 4.69) is 30.2 Å². The highest BCUT2D eigenvalue weighted by Crippen LogP contribution is 2.22. The summed E-state index contributed by atoms with van der Waals surface area (Å²) in [7, 11) is 0. The Morgan fingerprint density at radius 2 is 1.71 bits per heavy atom. The first-order chi connectivity index (χ1) is 13.8. The predicted molar refractivity (Wildman–Crippen MR) is 99.8 cm³/mol. The van der Waals surface area contributed by atoms with Crippen LogP contribution in [-0.2, 0) is 0 Å². The van der Waals surface area contributed by atoms with Crippen molar-refractivity contribution in [3.8, 4) is 17.4 Å². The van der Waals surface area contributed by atoms with Crippen LogP contribution in [0.2, 0.25) is 0 Å². The van der Waals surface area contributed by atoms with Gasteiger partial charge < -0.3 is 14.8 Å². The molecule has 140 valence electrons. The van der Waals surface area contributed by atoms with Crippen LogP contribution in [0, 0.1) is 5.95 Å². The Morgan fingerprint density at radius 1 is 0.893 bits per heavy atom. The van der Waals surface area contributed by atoms with Crippen LogP contribution in [0.1, 0.15) is 0 Å². The van der Waals surface area contributed by atoms with Gasteiger partial charge in [-0.05, 0) is 30.3 Å². The molecule has 9 heteroatoms. The zero-order valence-corrected chi connectivity index (χ0v) is 14.6. The maximum atomic E-state index is 13.1. The second-order valence-electron chi connectivity index (χ2n) is 5.60. The maximum absolute atomic E-state index is 13.1. The van der Waals surface area contributed by atoms with E-state index in [0.717, 1.165) is 0 Å². The second kappa shape index (κ2) is 8.21. The summed E-state index contributed by atoms with van der Waals surface area (Å²) in [6, 6.07) is 11.4. The number of hydrogen-bond acceptors (Lipinski definition) is 8. The highest BCUT2D eigenvalue weighted by molar-refractivity contribution is 5.81. The Labute approximate surface area is 159 Å². The Morgan fingerprint density at radius 3 is 2.57 bits per heavy atom. The number of rotatable bonds is 7. The smallest absolute Gasteiger partial charge is 0.221 e. The summed E-state index contributed by atoms with van der Waals surface area (Å²) in [4.78, 5) is 20.3. The zero-order chi connectivity index (χ0) is 19.2. The van der Waals surface area contributed by atoms with E-state index < -0.39 is 5.95 Å². The van der Waals surface area contributed by atoms with E-state index in [1.165, 1.54) is 18.5 Å². The molecule has 0 atom stereocenters. The van der Waals surface area contributed by atoms with Gasteiger partial charge >= 0.3 is 0 Å². The predicted octanol–water partition coefficient (Wildman–Crippen LogP) is 3.24. The molecule has 0 radical (unpaired) electrons. The quantitative estimate of drug-likeness (QED) is 0.387. The van der Waals surface area contributed by atoms with E-state index in [0.29, 0.717) is 41.6 Å². The van der Waals surface area contributed by atoms with Gasteiger partial charge in [-0.1, -0.05) is 6.07 Å². The Hall–Kier alpha value is -3.88. The molecule has 4 aromatic rings. The summed E-state index contributed by atoms with van der Waals surface area (Å²) in [6.45, 7) is 0.936. The molecule has 0 unspecified atom stereocenters. The maximum Gasteiger partial charge on any atom is 0.221 e.